The van der Waals surface area contributed by atoms with Crippen LogP contribution < -0.4 is 5.32 Å². The summed E-state index contributed by atoms with van der Waals surface area (Å²) in [5.41, 5.74) is 0. The molecule has 0 spiro atoms. The molecule has 2 unspecified atom stereocenters. The average molecular weight is 848 g/mol. The molecule has 0 aromatic rings. The largest absolute Gasteiger partial charge is 0.466 e. The van der Waals surface area contributed by atoms with Crippen LogP contribution in [-0.4, -0.2) is 47.4 Å². The zero-order valence-corrected chi connectivity index (χ0v) is 40.5. The van der Waals surface area contributed by atoms with Crippen molar-refractivity contribution in [2.45, 2.75) is 309 Å². The van der Waals surface area contributed by atoms with Crippen molar-refractivity contribution in [3.63, 3.8) is 0 Å². The number of aliphatic hydroxyl groups is 2. The Bertz CT molecular complexity index is 893. The molecule has 0 aromatic heterocycles. The fourth-order valence-electron chi connectivity index (χ4n) is 8.40. The van der Waals surface area contributed by atoms with Gasteiger partial charge in [-0.3, -0.25) is 9.59 Å². The van der Waals surface area contributed by atoms with E-state index in [1.54, 1.807) is 0 Å². The van der Waals surface area contributed by atoms with Gasteiger partial charge in [-0.1, -0.05) is 238 Å². The summed E-state index contributed by atoms with van der Waals surface area (Å²) >= 11 is 0. The molecule has 60 heavy (non-hydrogen) atoms. The Kier molecular flexibility index (Phi) is 49.1. The van der Waals surface area contributed by atoms with Crippen molar-refractivity contribution in [1.82, 2.24) is 5.32 Å². The van der Waals surface area contributed by atoms with E-state index in [4.69, 9.17) is 4.74 Å². The molecule has 6 heteroatoms. The van der Waals surface area contributed by atoms with Gasteiger partial charge in [-0.2, -0.15) is 0 Å². The Morgan fingerprint density at radius 3 is 1.18 bits per heavy atom. The third-order valence-corrected chi connectivity index (χ3v) is 12.6. The molecule has 2 atom stereocenters. The highest BCUT2D eigenvalue weighted by molar-refractivity contribution is 5.76. The van der Waals surface area contributed by atoms with E-state index in [1.165, 1.54) is 186 Å². The summed E-state index contributed by atoms with van der Waals surface area (Å²) in [6.07, 6.45) is 57.6. The highest BCUT2D eigenvalue weighted by Gasteiger charge is 2.20. The first-order chi connectivity index (χ1) is 29.5. The molecule has 1 amide bonds. The van der Waals surface area contributed by atoms with Crippen LogP contribution in [0.5, 0.6) is 0 Å². The second kappa shape index (κ2) is 50.2. The Morgan fingerprint density at radius 2 is 0.783 bits per heavy atom. The van der Waals surface area contributed by atoms with E-state index in [0.717, 1.165) is 77.0 Å². The topological polar surface area (TPSA) is 95.9 Å². The van der Waals surface area contributed by atoms with E-state index >= 15 is 0 Å². The second-order valence-electron chi connectivity index (χ2n) is 18.6. The minimum atomic E-state index is -0.679. The van der Waals surface area contributed by atoms with Crippen LogP contribution in [0, 0.1) is 0 Å². The first kappa shape index (κ1) is 58.6. The summed E-state index contributed by atoms with van der Waals surface area (Å²) in [6.45, 7) is 4.91. The van der Waals surface area contributed by atoms with Gasteiger partial charge in [0.05, 0.1) is 25.4 Å². The maximum Gasteiger partial charge on any atom is 0.305 e. The molecule has 0 saturated carbocycles. The van der Waals surface area contributed by atoms with Crippen molar-refractivity contribution in [1.29, 1.82) is 0 Å². The van der Waals surface area contributed by atoms with Crippen molar-refractivity contribution in [2.24, 2.45) is 0 Å². The molecular weight excluding hydrogens is 743 g/mol. The minimum Gasteiger partial charge on any atom is -0.466 e. The molecule has 0 fully saturated rings. The summed E-state index contributed by atoms with van der Waals surface area (Å²) in [5.74, 6) is -0.0781. The summed E-state index contributed by atoms with van der Waals surface area (Å²) in [4.78, 5) is 24.5. The lowest BCUT2D eigenvalue weighted by molar-refractivity contribution is -0.143. The van der Waals surface area contributed by atoms with Gasteiger partial charge in [-0.15, -0.1) is 0 Å². The quantitative estimate of drug-likeness (QED) is 0.0322. The second-order valence-corrected chi connectivity index (χ2v) is 18.6. The molecule has 0 radical (unpaired) electrons. The van der Waals surface area contributed by atoms with Gasteiger partial charge in [0.15, 0.2) is 0 Å². The molecule has 356 valence electrons. The van der Waals surface area contributed by atoms with E-state index in [9.17, 15) is 19.8 Å². The Labute approximate surface area is 374 Å². The van der Waals surface area contributed by atoms with Crippen molar-refractivity contribution in [3.05, 3.63) is 12.2 Å². The van der Waals surface area contributed by atoms with Gasteiger partial charge in [0.2, 0.25) is 5.91 Å². The minimum absolute atomic E-state index is 0.0194. The van der Waals surface area contributed by atoms with Crippen molar-refractivity contribution in [2.75, 3.05) is 13.2 Å². The van der Waals surface area contributed by atoms with E-state index in [1.807, 2.05) is 0 Å². The number of amides is 1. The molecule has 0 aromatic carbocycles. The predicted octanol–water partition coefficient (Wildman–Crippen LogP) is 16.1. The number of carbonyl (C=O) groups is 2. The van der Waals surface area contributed by atoms with Crippen LogP contribution in [0.4, 0.5) is 0 Å². The standard InChI is InChI=1S/C54H105NO5/c1-3-5-7-9-11-13-15-17-19-21-22-26-30-34-38-42-46-52(57)51(50-56)55-53(58)47-43-39-35-31-27-24-25-29-33-37-41-45-49-60-54(59)48-44-40-36-32-28-23-20-18-16-14-12-10-8-6-4-2/h25,29,51-52,56-57H,3-24,26-28,30-50H2,1-2H3,(H,55,58)/b29-25-. The third-order valence-electron chi connectivity index (χ3n) is 12.6. The number of rotatable bonds is 50. The molecule has 6 nitrogen and oxygen atoms in total. The van der Waals surface area contributed by atoms with E-state index in [2.05, 4.69) is 31.3 Å². The van der Waals surface area contributed by atoms with Crippen LogP contribution >= 0.6 is 0 Å². The lowest BCUT2D eigenvalue weighted by atomic mass is 10.0. The van der Waals surface area contributed by atoms with Gasteiger partial charge in [0, 0.05) is 12.8 Å². The monoisotopic (exact) mass is 848 g/mol. The van der Waals surface area contributed by atoms with Gasteiger partial charge in [0.1, 0.15) is 0 Å². The molecular formula is C54H105NO5. The van der Waals surface area contributed by atoms with Crippen molar-refractivity contribution < 1.29 is 24.5 Å². The molecule has 0 aliphatic heterocycles. The van der Waals surface area contributed by atoms with E-state index in [-0.39, 0.29) is 18.5 Å². The van der Waals surface area contributed by atoms with Crippen LogP contribution in [0.3, 0.4) is 0 Å². The maximum atomic E-state index is 12.5. The number of esters is 1. The smallest absolute Gasteiger partial charge is 0.305 e. The molecule has 3 N–H and O–H groups in total. The van der Waals surface area contributed by atoms with Crippen molar-refractivity contribution >= 4 is 11.9 Å². The molecule has 0 aliphatic rings. The first-order valence-electron chi connectivity index (χ1n) is 26.9. The molecule has 0 saturated heterocycles. The van der Waals surface area contributed by atoms with Gasteiger partial charge in [-0.25, -0.2) is 0 Å². The van der Waals surface area contributed by atoms with Crippen LogP contribution in [0.15, 0.2) is 12.2 Å². The van der Waals surface area contributed by atoms with Crippen LogP contribution in [0.1, 0.15) is 296 Å². The fourth-order valence-corrected chi connectivity index (χ4v) is 8.40. The summed E-state index contributed by atoms with van der Waals surface area (Å²) in [6, 6.07) is -0.559. The Hall–Kier alpha value is -1.40. The fraction of sp³-hybridized carbons (Fsp3) is 0.926. The van der Waals surface area contributed by atoms with Crippen LogP contribution in [0.25, 0.3) is 0 Å². The Balaban J connectivity index is 3.49. The van der Waals surface area contributed by atoms with Gasteiger partial charge in [-0.05, 0) is 57.8 Å². The zero-order chi connectivity index (χ0) is 43.7. The number of unbranched alkanes of at least 4 members (excludes halogenated alkanes) is 37. The highest BCUT2D eigenvalue weighted by atomic mass is 16.5. The predicted molar refractivity (Wildman–Crippen MR) is 260 cm³/mol. The van der Waals surface area contributed by atoms with Crippen LogP contribution in [0.2, 0.25) is 0 Å². The summed E-state index contributed by atoms with van der Waals surface area (Å²) in [5, 5.41) is 23.2. The van der Waals surface area contributed by atoms with Gasteiger partial charge < -0.3 is 20.3 Å². The lowest BCUT2D eigenvalue weighted by Gasteiger charge is -2.22. The van der Waals surface area contributed by atoms with Gasteiger partial charge in [0.25, 0.3) is 0 Å². The number of allylic oxidation sites excluding steroid dienone is 2. The third kappa shape index (κ3) is 46.1. The first-order valence-corrected chi connectivity index (χ1v) is 26.9. The summed E-state index contributed by atoms with van der Waals surface area (Å²) in [7, 11) is 0. The normalized spacial score (nSPS) is 12.7. The lowest BCUT2D eigenvalue weighted by Crippen LogP contribution is -2.45. The average Bonchev–Trinajstić information content (AvgIpc) is 3.25. The number of hydrogen-bond acceptors (Lipinski definition) is 5. The number of nitrogens with one attached hydrogen (secondary N) is 1. The van der Waals surface area contributed by atoms with E-state index in [0.29, 0.717) is 25.9 Å². The maximum absolute atomic E-state index is 12.5. The summed E-state index contributed by atoms with van der Waals surface area (Å²) < 4.78 is 5.45. The molecule has 0 bridgehead atoms. The Morgan fingerprint density at radius 1 is 0.450 bits per heavy atom. The number of ether oxygens (including phenoxy) is 1. The molecule has 0 rings (SSSR count). The molecule has 0 heterocycles. The number of aliphatic hydroxyl groups excluding tert-OH is 2. The highest BCUT2D eigenvalue weighted by Crippen LogP contribution is 2.17. The number of carbonyl (C=O) groups excluding carboxylic acids is 2. The van der Waals surface area contributed by atoms with Gasteiger partial charge >= 0.3 is 5.97 Å². The SMILES string of the molecule is CCCCCCCCCCCCCCCCCCC(O)C(CO)NC(=O)CCCCCCC/C=C\CCCCCOC(=O)CCCCCCCCCCCCCCCCC. The molecule has 0 aliphatic carbocycles. The zero-order valence-electron chi connectivity index (χ0n) is 40.5. The van der Waals surface area contributed by atoms with E-state index < -0.39 is 12.1 Å². The van der Waals surface area contributed by atoms with Crippen LogP contribution in [-0.2, 0) is 14.3 Å². The number of hydrogen-bond donors (Lipinski definition) is 3. The van der Waals surface area contributed by atoms with Crippen molar-refractivity contribution in [3.8, 4) is 0 Å².